The molecule has 2 aromatic carbocycles. The third kappa shape index (κ3) is 4.47. The molecule has 0 saturated carbocycles. The van der Waals surface area contributed by atoms with Crippen molar-refractivity contribution in [3.05, 3.63) is 65.7 Å². The fourth-order valence-corrected chi connectivity index (χ4v) is 4.69. The van der Waals surface area contributed by atoms with Crippen LogP contribution in [0.1, 0.15) is 37.8 Å². The van der Waals surface area contributed by atoms with Gasteiger partial charge in [-0.3, -0.25) is 19.3 Å². The number of aliphatic hydroxyl groups is 2. The van der Waals surface area contributed by atoms with Gasteiger partial charge in [0.15, 0.2) is 11.8 Å². The van der Waals surface area contributed by atoms with Gasteiger partial charge in [0.2, 0.25) is 5.91 Å². The number of carbonyl (C=O) groups is 3. The topological polar surface area (TPSA) is 117 Å². The summed E-state index contributed by atoms with van der Waals surface area (Å²) in [7, 11) is 1.52. The summed E-state index contributed by atoms with van der Waals surface area (Å²) in [5.41, 5.74) is 0.483. The number of carbonyl (C=O) groups excluding carboxylic acids is 3. The first kappa shape index (κ1) is 25.4. The highest BCUT2D eigenvalue weighted by Crippen LogP contribution is 2.47. The Kier molecular flexibility index (Phi) is 7.14. The standard InChI is InChI=1S/C27H30N2O7/c1-17(7-4-5-12-30)27(34)22-14-21(35-3)10-11-23(22)28(26(27)33)16-19-8-6-9-20(13-19)29-24(32)15-25(29)36-18(2)31/h4,6-11,13-14,17,25,30,34H,5,12,15-16H2,1-3H3/b7-4+/t17-,25?,27+/m1/s1. The predicted molar refractivity (Wildman–Crippen MR) is 132 cm³/mol. The van der Waals surface area contributed by atoms with Gasteiger partial charge in [-0.25, -0.2) is 0 Å². The average molecular weight is 495 g/mol. The minimum Gasteiger partial charge on any atom is -0.497 e. The molecule has 0 aliphatic carbocycles. The number of β-lactam (4-membered cyclic amide) rings is 1. The Morgan fingerprint density at radius 2 is 2.03 bits per heavy atom. The molecule has 1 saturated heterocycles. The SMILES string of the molecule is COc1ccc2c(c1)[C@@](O)([C@H](C)/C=C/CCO)C(=O)N2Cc1cccc(N2C(=O)CC2OC(C)=O)c1. The molecule has 2 amide bonds. The highest BCUT2D eigenvalue weighted by atomic mass is 16.6. The van der Waals surface area contributed by atoms with Crippen LogP contribution in [0.25, 0.3) is 0 Å². The fraction of sp³-hybridized carbons (Fsp3) is 0.370. The van der Waals surface area contributed by atoms with Crippen molar-refractivity contribution < 1.29 is 34.1 Å². The van der Waals surface area contributed by atoms with Crippen molar-refractivity contribution in [2.45, 2.75) is 45.1 Å². The lowest BCUT2D eigenvalue weighted by molar-refractivity contribution is -0.153. The monoisotopic (exact) mass is 494 g/mol. The van der Waals surface area contributed by atoms with Crippen LogP contribution >= 0.6 is 0 Å². The van der Waals surface area contributed by atoms with Crippen LogP contribution in [0.4, 0.5) is 11.4 Å². The minimum atomic E-state index is -1.82. The van der Waals surface area contributed by atoms with Gasteiger partial charge in [0.1, 0.15) is 5.75 Å². The first-order valence-electron chi connectivity index (χ1n) is 11.8. The van der Waals surface area contributed by atoms with Gasteiger partial charge in [0, 0.05) is 30.7 Å². The van der Waals surface area contributed by atoms with E-state index in [1.165, 1.54) is 23.8 Å². The van der Waals surface area contributed by atoms with E-state index >= 15 is 0 Å². The van der Waals surface area contributed by atoms with Gasteiger partial charge >= 0.3 is 5.97 Å². The molecule has 36 heavy (non-hydrogen) atoms. The molecule has 0 bridgehead atoms. The molecule has 2 N–H and O–H groups in total. The van der Waals surface area contributed by atoms with Crippen LogP contribution in [0.2, 0.25) is 0 Å². The van der Waals surface area contributed by atoms with E-state index in [1.807, 2.05) is 6.07 Å². The van der Waals surface area contributed by atoms with Crippen molar-refractivity contribution in [3.63, 3.8) is 0 Å². The van der Waals surface area contributed by atoms with Gasteiger partial charge in [-0.05, 0) is 42.3 Å². The normalized spacial score (nSPS) is 22.0. The lowest BCUT2D eigenvalue weighted by Crippen LogP contribution is -2.54. The molecule has 1 unspecified atom stereocenters. The molecule has 0 aromatic heterocycles. The van der Waals surface area contributed by atoms with Crippen molar-refractivity contribution in [2.24, 2.45) is 5.92 Å². The number of nitrogens with zero attached hydrogens (tertiary/aromatic N) is 2. The molecule has 1 fully saturated rings. The maximum Gasteiger partial charge on any atom is 0.304 e. The Labute approximate surface area is 209 Å². The van der Waals surface area contributed by atoms with E-state index in [2.05, 4.69) is 0 Å². The van der Waals surface area contributed by atoms with Crippen LogP contribution in [0.3, 0.4) is 0 Å². The number of amides is 2. The van der Waals surface area contributed by atoms with Gasteiger partial charge in [0.05, 0.1) is 25.8 Å². The second-order valence-corrected chi connectivity index (χ2v) is 8.97. The van der Waals surface area contributed by atoms with Gasteiger partial charge < -0.3 is 24.6 Å². The molecule has 190 valence electrons. The Bertz CT molecular complexity index is 1210. The zero-order chi connectivity index (χ0) is 26.0. The number of ether oxygens (including phenoxy) is 2. The van der Waals surface area contributed by atoms with E-state index in [9.17, 15) is 19.5 Å². The molecule has 2 aliphatic rings. The maximum absolute atomic E-state index is 13.7. The second-order valence-electron chi connectivity index (χ2n) is 8.97. The van der Waals surface area contributed by atoms with E-state index < -0.39 is 29.6 Å². The molecule has 4 rings (SSSR count). The summed E-state index contributed by atoms with van der Waals surface area (Å²) in [6.07, 6.45) is 3.36. The number of aliphatic hydroxyl groups excluding tert-OH is 1. The third-order valence-electron chi connectivity index (χ3n) is 6.59. The van der Waals surface area contributed by atoms with Gasteiger partial charge in [-0.15, -0.1) is 0 Å². The molecular weight excluding hydrogens is 464 g/mol. The number of benzene rings is 2. The second kappa shape index (κ2) is 10.1. The Hall–Kier alpha value is -3.69. The summed E-state index contributed by atoms with van der Waals surface area (Å²) in [6, 6.07) is 12.3. The van der Waals surface area contributed by atoms with Crippen LogP contribution in [0, 0.1) is 5.92 Å². The van der Waals surface area contributed by atoms with Crippen molar-refractivity contribution in [2.75, 3.05) is 23.5 Å². The molecule has 2 aliphatic heterocycles. The fourth-order valence-electron chi connectivity index (χ4n) is 4.69. The van der Waals surface area contributed by atoms with Crippen LogP contribution in [-0.4, -0.2) is 47.9 Å². The summed E-state index contributed by atoms with van der Waals surface area (Å²) in [5.74, 6) is -1.16. The number of hydrogen-bond acceptors (Lipinski definition) is 7. The molecule has 2 aromatic rings. The zero-order valence-corrected chi connectivity index (χ0v) is 20.5. The number of anilines is 2. The molecule has 0 spiro atoms. The van der Waals surface area contributed by atoms with E-state index in [4.69, 9.17) is 14.6 Å². The smallest absolute Gasteiger partial charge is 0.304 e. The number of hydrogen-bond donors (Lipinski definition) is 2. The molecule has 9 nitrogen and oxygen atoms in total. The zero-order valence-electron chi connectivity index (χ0n) is 20.5. The lowest BCUT2D eigenvalue weighted by atomic mass is 9.83. The van der Waals surface area contributed by atoms with Crippen LogP contribution < -0.4 is 14.5 Å². The molecular formula is C27H30N2O7. The Morgan fingerprint density at radius 1 is 1.25 bits per heavy atom. The summed E-state index contributed by atoms with van der Waals surface area (Å²) >= 11 is 0. The first-order chi connectivity index (χ1) is 17.2. The van der Waals surface area contributed by atoms with E-state index in [0.29, 0.717) is 29.1 Å². The number of methoxy groups -OCH3 is 1. The molecule has 9 heteroatoms. The molecule has 3 atom stereocenters. The summed E-state index contributed by atoms with van der Waals surface area (Å²) < 4.78 is 10.6. The largest absolute Gasteiger partial charge is 0.497 e. The number of rotatable bonds is 9. The summed E-state index contributed by atoms with van der Waals surface area (Å²) in [4.78, 5) is 40.2. The highest BCUT2D eigenvalue weighted by molar-refractivity contribution is 6.07. The van der Waals surface area contributed by atoms with Gasteiger partial charge in [-0.1, -0.05) is 31.2 Å². The molecule has 0 radical (unpaired) electrons. The van der Waals surface area contributed by atoms with Crippen LogP contribution in [-0.2, 0) is 31.3 Å². The third-order valence-corrected chi connectivity index (χ3v) is 6.59. The predicted octanol–water partition coefficient (Wildman–Crippen LogP) is 2.63. The average Bonchev–Trinajstić information content (AvgIpc) is 3.05. The summed E-state index contributed by atoms with van der Waals surface area (Å²) in [5, 5.41) is 20.8. The Balaban J connectivity index is 1.66. The van der Waals surface area contributed by atoms with Crippen molar-refractivity contribution in [3.8, 4) is 5.75 Å². The van der Waals surface area contributed by atoms with Gasteiger partial charge in [-0.2, -0.15) is 0 Å². The van der Waals surface area contributed by atoms with Crippen LogP contribution in [0.5, 0.6) is 5.75 Å². The highest BCUT2D eigenvalue weighted by Gasteiger charge is 2.52. The first-order valence-corrected chi connectivity index (χ1v) is 11.8. The molecule has 2 heterocycles. The van der Waals surface area contributed by atoms with E-state index in [0.717, 1.165) is 5.56 Å². The quantitative estimate of drug-likeness (QED) is 0.313. The number of fused-ring (bicyclic) bond motifs is 1. The van der Waals surface area contributed by atoms with Crippen molar-refractivity contribution in [1.29, 1.82) is 0 Å². The van der Waals surface area contributed by atoms with Gasteiger partial charge in [0.25, 0.3) is 5.91 Å². The van der Waals surface area contributed by atoms with Crippen LogP contribution in [0.15, 0.2) is 54.6 Å². The maximum atomic E-state index is 13.7. The minimum absolute atomic E-state index is 0.0275. The lowest BCUT2D eigenvalue weighted by Gasteiger charge is -2.39. The van der Waals surface area contributed by atoms with E-state index in [-0.39, 0.29) is 25.5 Å². The Morgan fingerprint density at radius 3 is 2.69 bits per heavy atom. The van der Waals surface area contributed by atoms with E-state index in [1.54, 1.807) is 55.5 Å². The summed E-state index contributed by atoms with van der Waals surface area (Å²) in [6.45, 7) is 3.18. The number of esters is 1. The van der Waals surface area contributed by atoms with Crippen molar-refractivity contribution in [1.82, 2.24) is 0 Å². The van der Waals surface area contributed by atoms with Crippen molar-refractivity contribution >= 4 is 29.2 Å².